The topological polar surface area (TPSA) is 29.5 Å². The van der Waals surface area contributed by atoms with E-state index in [1.165, 1.54) is 17.5 Å². The summed E-state index contributed by atoms with van der Waals surface area (Å²) in [5.74, 6) is 1.21. The van der Waals surface area contributed by atoms with E-state index in [0.717, 1.165) is 25.0 Å². The van der Waals surface area contributed by atoms with Crippen molar-refractivity contribution < 1.29 is 9.84 Å². The zero-order valence-electron chi connectivity index (χ0n) is 10.1. The molecule has 0 spiro atoms. The monoisotopic (exact) mass is 220 g/mol. The van der Waals surface area contributed by atoms with Crippen LogP contribution in [-0.2, 0) is 0 Å². The van der Waals surface area contributed by atoms with Crippen molar-refractivity contribution in [3.05, 3.63) is 29.3 Å². The van der Waals surface area contributed by atoms with Crippen molar-refractivity contribution in [2.45, 2.75) is 44.6 Å². The highest BCUT2D eigenvalue weighted by atomic mass is 16.5. The van der Waals surface area contributed by atoms with Crippen LogP contribution >= 0.6 is 0 Å². The molecule has 0 amide bonds. The third kappa shape index (κ3) is 2.22. The third-order valence-electron chi connectivity index (χ3n) is 3.61. The molecule has 2 unspecified atom stereocenters. The molecule has 88 valence electrons. The van der Waals surface area contributed by atoms with Crippen molar-refractivity contribution in [2.24, 2.45) is 0 Å². The lowest BCUT2D eigenvalue weighted by atomic mass is 9.80. The van der Waals surface area contributed by atoms with Gasteiger partial charge in [0.25, 0.3) is 0 Å². The first-order chi connectivity index (χ1) is 7.72. The Hall–Kier alpha value is -1.02. The molecule has 1 aliphatic carbocycles. The maximum absolute atomic E-state index is 10.0. The quantitative estimate of drug-likeness (QED) is 0.830. The first-order valence-corrected chi connectivity index (χ1v) is 6.05. The van der Waals surface area contributed by atoms with E-state index < -0.39 is 0 Å². The Balaban J connectivity index is 2.25. The van der Waals surface area contributed by atoms with Gasteiger partial charge in [0.05, 0.1) is 13.2 Å². The predicted molar refractivity (Wildman–Crippen MR) is 64.9 cm³/mol. The summed E-state index contributed by atoms with van der Waals surface area (Å²) in [7, 11) is 1.68. The molecule has 1 N–H and O–H groups in total. The van der Waals surface area contributed by atoms with Crippen molar-refractivity contribution in [3.63, 3.8) is 0 Å². The van der Waals surface area contributed by atoms with Gasteiger partial charge in [-0.1, -0.05) is 18.9 Å². The van der Waals surface area contributed by atoms with Crippen LogP contribution in [0.2, 0.25) is 0 Å². The SMILES string of the molecule is COc1ccc(C2CCCCC2O)c(C)c1. The number of aliphatic hydroxyl groups excluding tert-OH is 1. The van der Waals surface area contributed by atoms with Crippen molar-refractivity contribution in [1.29, 1.82) is 0 Å². The Kier molecular flexibility index (Phi) is 3.49. The van der Waals surface area contributed by atoms with Crippen molar-refractivity contribution in [1.82, 2.24) is 0 Å². The lowest BCUT2D eigenvalue weighted by Gasteiger charge is -2.29. The summed E-state index contributed by atoms with van der Waals surface area (Å²) in [6, 6.07) is 6.15. The van der Waals surface area contributed by atoms with Crippen LogP contribution in [0, 0.1) is 6.92 Å². The van der Waals surface area contributed by atoms with Crippen molar-refractivity contribution in [2.75, 3.05) is 7.11 Å². The molecule has 0 bridgehead atoms. The van der Waals surface area contributed by atoms with Gasteiger partial charge in [0.15, 0.2) is 0 Å². The lowest BCUT2D eigenvalue weighted by Crippen LogP contribution is -2.23. The molecule has 0 saturated heterocycles. The zero-order chi connectivity index (χ0) is 11.5. The minimum Gasteiger partial charge on any atom is -0.497 e. The smallest absolute Gasteiger partial charge is 0.119 e. The number of aryl methyl sites for hydroxylation is 1. The second kappa shape index (κ2) is 4.88. The molecule has 2 heteroatoms. The van der Waals surface area contributed by atoms with E-state index in [0.29, 0.717) is 5.92 Å². The van der Waals surface area contributed by atoms with E-state index in [1.807, 2.05) is 6.07 Å². The number of hydrogen-bond acceptors (Lipinski definition) is 2. The normalized spacial score (nSPS) is 25.4. The molecule has 1 aromatic carbocycles. The van der Waals surface area contributed by atoms with Crippen LogP contribution in [-0.4, -0.2) is 18.3 Å². The molecular weight excluding hydrogens is 200 g/mol. The fraction of sp³-hybridized carbons (Fsp3) is 0.571. The molecule has 0 heterocycles. The highest BCUT2D eigenvalue weighted by molar-refractivity contribution is 5.37. The first-order valence-electron chi connectivity index (χ1n) is 6.05. The summed E-state index contributed by atoms with van der Waals surface area (Å²) in [4.78, 5) is 0. The molecule has 0 aliphatic heterocycles. The van der Waals surface area contributed by atoms with Gasteiger partial charge >= 0.3 is 0 Å². The van der Waals surface area contributed by atoms with E-state index in [1.54, 1.807) is 7.11 Å². The van der Waals surface area contributed by atoms with E-state index >= 15 is 0 Å². The van der Waals surface area contributed by atoms with Crippen molar-refractivity contribution in [3.8, 4) is 5.75 Å². The zero-order valence-corrected chi connectivity index (χ0v) is 10.1. The van der Waals surface area contributed by atoms with Gasteiger partial charge in [-0.3, -0.25) is 0 Å². The van der Waals surface area contributed by atoms with Crippen LogP contribution in [0.1, 0.15) is 42.7 Å². The molecule has 2 rings (SSSR count). The Bertz CT molecular complexity index is 360. The van der Waals surface area contributed by atoms with Gasteiger partial charge in [-0.25, -0.2) is 0 Å². The molecule has 16 heavy (non-hydrogen) atoms. The van der Waals surface area contributed by atoms with Gasteiger partial charge in [-0.2, -0.15) is 0 Å². The van der Waals surface area contributed by atoms with E-state index in [2.05, 4.69) is 19.1 Å². The highest BCUT2D eigenvalue weighted by Crippen LogP contribution is 2.35. The summed E-state index contributed by atoms with van der Waals surface area (Å²) in [5, 5.41) is 10.0. The summed E-state index contributed by atoms with van der Waals surface area (Å²) in [5.41, 5.74) is 2.51. The molecule has 1 aliphatic rings. The number of ether oxygens (including phenoxy) is 1. The standard InChI is InChI=1S/C14H20O2/c1-10-9-11(16-2)7-8-12(10)13-5-3-4-6-14(13)15/h7-9,13-15H,3-6H2,1-2H3. The average molecular weight is 220 g/mol. The number of hydrogen-bond donors (Lipinski definition) is 1. The molecule has 2 atom stereocenters. The number of rotatable bonds is 2. The molecular formula is C14H20O2. The molecule has 0 radical (unpaired) electrons. The maximum Gasteiger partial charge on any atom is 0.119 e. The van der Waals surface area contributed by atoms with Crippen LogP contribution in [0.3, 0.4) is 0 Å². The molecule has 1 aromatic rings. The third-order valence-corrected chi connectivity index (χ3v) is 3.61. The van der Waals surface area contributed by atoms with E-state index in [9.17, 15) is 5.11 Å². The number of aliphatic hydroxyl groups is 1. The number of benzene rings is 1. The second-order valence-electron chi connectivity index (χ2n) is 4.68. The lowest BCUT2D eigenvalue weighted by molar-refractivity contribution is 0.106. The van der Waals surface area contributed by atoms with Gasteiger partial charge in [0.2, 0.25) is 0 Å². The molecule has 0 aromatic heterocycles. The van der Waals surface area contributed by atoms with Gasteiger partial charge in [-0.15, -0.1) is 0 Å². The summed E-state index contributed by atoms with van der Waals surface area (Å²) < 4.78 is 5.20. The Labute approximate surface area is 97.3 Å². The van der Waals surface area contributed by atoms with Crippen LogP contribution in [0.25, 0.3) is 0 Å². The second-order valence-corrected chi connectivity index (χ2v) is 4.68. The van der Waals surface area contributed by atoms with E-state index in [4.69, 9.17) is 4.74 Å². The Morgan fingerprint density at radius 1 is 1.25 bits per heavy atom. The van der Waals surface area contributed by atoms with Crippen LogP contribution < -0.4 is 4.74 Å². The van der Waals surface area contributed by atoms with E-state index in [-0.39, 0.29) is 6.10 Å². The summed E-state index contributed by atoms with van der Waals surface area (Å²) in [6.07, 6.45) is 4.27. The summed E-state index contributed by atoms with van der Waals surface area (Å²) >= 11 is 0. The fourth-order valence-electron chi connectivity index (χ4n) is 2.67. The maximum atomic E-state index is 10.0. The largest absolute Gasteiger partial charge is 0.497 e. The van der Waals surface area contributed by atoms with Crippen molar-refractivity contribution >= 4 is 0 Å². The van der Waals surface area contributed by atoms with Gasteiger partial charge in [0.1, 0.15) is 5.75 Å². The van der Waals surface area contributed by atoms with Crippen LogP contribution in [0.4, 0.5) is 0 Å². The highest BCUT2D eigenvalue weighted by Gasteiger charge is 2.25. The number of methoxy groups -OCH3 is 1. The summed E-state index contributed by atoms with van der Waals surface area (Å²) in [6.45, 7) is 2.10. The average Bonchev–Trinajstić information content (AvgIpc) is 2.30. The molecule has 2 nitrogen and oxygen atoms in total. The molecule has 1 saturated carbocycles. The minimum absolute atomic E-state index is 0.166. The van der Waals surface area contributed by atoms with Crippen LogP contribution in [0.15, 0.2) is 18.2 Å². The Morgan fingerprint density at radius 2 is 2.00 bits per heavy atom. The van der Waals surface area contributed by atoms with Gasteiger partial charge in [-0.05, 0) is 43.0 Å². The Morgan fingerprint density at radius 3 is 2.62 bits per heavy atom. The first kappa shape index (κ1) is 11.5. The van der Waals surface area contributed by atoms with Gasteiger partial charge in [0, 0.05) is 5.92 Å². The van der Waals surface area contributed by atoms with Gasteiger partial charge < -0.3 is 9.84 Å². The predicted octanol–water partition coefficient (Wildman–Crippen LogP) is 3.02. The minimum atomic E-state index is -0.166. The molecule has 1 fully saturated rings. The fourth-order valence-corrected chi connectivity index (χ4v) is 2.67. The van der Waals surface area contributed by atoms with Crippen LogP contribution in [0.5, 0.6) is 5.75 Å².